The summed E-state index contributed by atoms with van der Waals surface area (Å²) in [7, 11) is 0. The number of phenolic OH excluding ortho intramolecular Hbond substituents is 2. The van der Waals surface area contributed by atoms with Crippen LogP contribution >= 0.6 is 0 Å². The topological polar surface area (TPSA) is 86.2 Å². The van der Waals surface area contributed by atoms with Crippen molar-refractivity contribution in [3.8, 4) is 45.4 Å². The number of rotatable bonds is 5. The van der Waals surface area contributed by atoms with Gasteiger partial charge in [0, 0.05) is 27.8 Å². The highest BCUT2D eigenvalue weighted by molar-refractivity contribution is 6.09. The smallest absolute Gasteiger partial charge is 0.193 e. The number of aromatic hydroxyl groups is 2. The van der Waals surface area contributed by atoms with Crippen LogP contribution in [0.4, 0.5) is 4.39 Å². The summed E-state index contributed by atoms with van der Waals surface area (Å²) in [6, 6.07) is 26.7. The third kappa shape index (κ3) is 4.04. The minimum atomic E-state index is -0.391. The van der Waals surface area contributed by atoms with Gasteiger partial charge in [0.05, 0.1) is 11.4 Å². The number of phenols is 2. The second kappa shape index (κ2) is 8.67. The number of aromatic nitrogens is 2. The quantitative estimate of drug-likeness (QED) is 0.220. The first-order valence-corrected chi connectivity index (χ1v) is 10.6. The van der Waals surface area contributed by atoms with Gasteiger partial charge in [-0.15, -0.1) is 0 Å². The second-order valence-electron chi connectivity index (χ2n) is 7.79. The van der Waals surface area contributed by atoms with E-state index in [0.717, 1.165) is 16.8 Å². The first-order valence-electron chi connectivity index (χ1n) is 10.6. The average Bonchev–Trinajstić information content (AvgIpc) is 3.32. The number of aromatic amines is 1. The van der Waals surface area contributed by atoms with Crippen LogP contribution in [-0.4, -0.2) is 26.0 Å². The highest BCUT2D eigenvalue weighted by Gasteiger charge is 2.17. The van der Waals surface area contributed by atoms with Crippen molar-refractivity contribution in [1.29, 1.82) is 0 Å². The zero-order valence-electron chi connectivity index (χ0n) is 17.9. The van der Waals surface area contributed by atoms with Gasteiger partial charge in [-0.05, 0) is 42.5 Å². The number of hydrogen-bond donors (Lipinski definition) is 3. The largest absolute Gasteiger partial charge is 0.504 e. The molecular weight excluding hydrogens is 431 g/mol. The van der Waals surface area contributed by atoms with Crippen LogP contribution in [0, 0.1) is 5.82 Å². The van der Waals surface area contributed by atoms with Gasteiger partial charge in [0.2, 0.25) is 0 Å². The number of carbonyl (C=O) groups is 1. The van der Waals surface area contributed by atoms with Gasteiger partial charge < -0.3 is 15.2 Å². The number of H-pyrrole nitrogens is 1. The molecule has 0 aliphatic carbocycles. The number of carbonyl (C=O) groups excluding carboxylic acids is 1. The Hall–Kier alpha value is -4.71. The van der Waals surface area contributed by atoms with Crippen molar-refractivity contribution in [3.05, 3.63) is 114 Å². The molecule has 0 amide bonds. The maximum atomic E-state index is 13.2. The Labute approximate surface area is 194 Å². The summed E-state index contributed by atoms with van der Waals surface area (Å²) in [6.45, 7) is 0. The third-order valence-electron chi connectivity index (χ3n) is 5.54. The number of imidazole rings is 1. The zero-order valence-corrected chi connectivity index (χ0v) is 17.9. The van der Waals surface area contributed by atoms with E-state index in [9.17, 15) is 19.4 Å². The standard InChI is InChI=1S/C28H19FN2O3/c29-22-13-10-20(11-14-22)27(34)19-8-6-18(7-9-19)26-25(17-4-2-1-3-5-17)30-28(31-26)21-12-15-23(32)24(33)16-21/h1-16,32-33H,(H,30,31). The summed E-state index contributed by atoms with van der Waals surface area (Å²) >= 11 is 0. The van der Waals surface area contributed by atoms with Crippen LogP contribution in [0.25, 0.3) is 33.9 Å². The van der Waals surface area contributed by atoms with Crippen molar-refractivity contribution in [2.45, 2.75) is 0 Å². The van der Waals surface area contributed by atoms with Crippen molar-refractivity contribution in [1.82, 2.24) is 9.97 Å². The Morgan fingerprint density at radius 1 is 0.706 bits per heavy atom. The molecule has 1 heterocycles. The molecule has 0 saturated carbocycles. The maximum Gasteiger partial charge on any atom is 0.193 e. The molecule has 1 aromatic heterocycles. The summed E-state index contributed by atoms with van der Waals surface area (Å²) < 4.78 is 13.2. The molecule has 0 fully saturated rings. The third-order valence-corrected chi connectivity index (χ3v) is 5.54. The molecule has 6 heteroatoms. The molecule has 4 aromatic carbocycles. The lowest BCUT2D eigenvalue weighted by Crippen LogP contribution is -2.01. The molecule has 0 saturated heterocycles. The van der Waals surface area contributed by atoms with Gasteiger partial charge in [-0.3, -0.25) is 4.79 Å². The number of nitrogens with zero attached hydrogens (tertiary/aromatic N) is 1. The zero-order chi connectivity index (χ0) is 23.7. The fourth-order valence-electron chi connectivity index (χ4n) is 3.75. The lowest BCUT2D eigenvalue weighted by Gasteiger charge is -2.06. The average molecular weight is 450 g/mol. The van der Waals surface area contributed by atoms with Gasteiger partial charge in [0.15, 0.2) is 17.3 Å². The summed E-state index contributed by atoms with van der Waals surface area (Å²) in [6.07, 6.45) is 0. The highest BCUT2D eigenvalue weighted by Crippen LogP contribution is 2.35. The van der Waals surface area contributed by atoms with E-state index in [-0.39, 0.29) is 17.3 Å². The normalized spacial score (nSPS) is 10.9. The van der Waals surface area contributed by atoms with Crippen LogP contribution in [0.3, 0.4) is 0 Å². The number of halogens is 1. The molecule has 0 bridgehead atoms. The fourth-order valence-corrected chi connectivity index (χ4v) is 3.75. The first-order chi connectivity index (χ1) is 16.5. The minimum Gasteiger partial charge on any atom is -0.504 e. The summed E-state index contributed by atoms with van der Waals surface area (Å²) in [4.78, 5) is 20.8. The number of hydrogen-bond acceptors (Lipinski definition) is 4. The van der Waals surface area contributed by atoms with E-state index < -0.39 is 5.82 Å². The van der Waals surface area contributed by atoms with Gasteiger partial charge in [-0.2, -0.15) is 0 Å². The maximum absolute atomic E-state index is 13.2. The van der Waals surface area contributed by atoms with Crippen LogP contribution in [0.1, 0.15) is 15.9 Å². The molecule has 3 N–H and O–H groups in total. The molecule has 166 valence electrons. The number of ketones is 1. The van der Waals surface area contributed by atoms with E-state index in [1.165, 1.54) is 36.4 Å². The first kappa shape index (κ1) is 21.2. The van der Waals surface area contributed by atoms with Crippen LogP contribution < -0.4 is 0 Å². The van der Waals surface area contributed by atoms with Crippen LogP contribution in [0.2, 0.25) is 0 Å². The number of benzene rings is 4. The van der Waals surface area contributed by atoms with Crippen molar-refractivity contribution in [2.75, 3.05) is 0 Å². The predicted octanol–water partition coefficient (Wildman–Crippen LogP) is 6.19. The van der Waals surface area contributed by atoms with E-state index in [1.807, 2.05) is 42.5 Å². The Bertz CT molecular complexity index is 1480. The van der Waals surface area contributed by atoms with E-state index >= 15 is 0 Å². The van der Waals surface area contributed by atoms with E-state index in [0.29, 0.717) is 28.2 Å². The fraction of sp³-hybridized carbons (Fsp3) is 0. The molecule has 0 radical (unpaired) electrons. The van der Waals surface area contributed by atoms with E-state index in [2.05, 4.69) is 4.98 Å². The Balaban J connectivity index is 1.55. The van der Waals surface area contributed by atoms with Gasteiger partial charge in [-0.25, -0.2) is 9.37 Å². The molecule has 34 heavy (non-hydrogen) atoms. The van der Waals surface area contributed by atoms with Gasteiger partial charge >= 0.3 is 0 Å². The molecule has 0 spiro atoms. The molecule has 0 unspecified atom stereocenters. The van der Waals surface area contributed by atoms with E-state index in [1.54, 1.807) is 18.2 Å². The summed E-state index contributed by atoms with van der Waals surface area (Å²) in [5, 5.41) is 19.6. The molecule has 5 aromatic rings. The molecule has 5 rings (SSSR count). The van der Waals surface area contributed by atoms with E-state index in [4.69, 9.17) is 4.98 Å². The highest BCUT2D eigenvalue weighted by atomic mass is 19.1. The Morgan fingerprint density at radius 2 is 1.32 bits per heavy atom. The van der Waals surface area contributed by atoms with Crippen molar-refractivity contribution in [3.63, 3.8) is 0 Å². The van der Waals surface area contributed by atoms with Crippen molar-refractivity contribution >= 4 is 5.78 Å². The van der Waals surface area contributed by atoms with Crippen LogP contribution in [-0.2, 0) is 0 Å². The lowest BCUT2D eigenvalue weighted by molar-refractivity contribution is 0.103. The van der Waals surface area contributed by atoms with Gasteiger partial charge in [0.25, 0.3) is 0 Å². The summed E-state index contributed by atoms with van der Waals surface area (Å²) in [5.74, 6) is -0.506. The van der Waals surface area contributed by atoms with Crippen molar-refractivity contribution < 1.29 is 19.4 Å². The second-order valence-corrected chi connectivity index (χ2v) is 7.79. The predicted molar refractivity (Wildman–Crippen MR) is 128 cm³/mol. The van der Waals surface area contributed by atoms with Gasteiger partial charge in [-0.1, -0.05) is 54.6 Å². The van der Waals surface area contributed by atoms with Gasteiger partial charge in [0.1, 0.15) is 11.6 Å². The molecule has 5 nitrogen and oxygen atoms in total. The van der Waals surface area contributed by atoms with Crippen LogP contribution in [0.5, 0.6) is 11.5 Å². The minimum absolute atomic E-state index is 0.195. The molecule has 0 aliphatic heterocycles. The number of nitrogens with one attached hydrogen (secondary N) is 1. The summed E-state index contributed by atoms with van der Waals surface area (Å²) in [5.41, 5.74) is 4.68. The Kier molecular flexibility index (Phi) is 5.40. The SMILES string of the molecule is O=C(c1ccc(F)cc1)c1ccc(-c2[nH]c(-c3ccc(O)c(O)c3)nc2-c2ccccc2)cc1. The monoisotopic (exact) mass is 450 g/mol. The van der Waals surface area contributed by atoms with Crippen molar-refractivity contribution in [2.24, 2.45) is 0 Å². The molecule has 0 atom stereocenters. The lowest BCUT2D eigenvalue weighted by atomic mass is 10.00. The molecule has 0 aliphatic rings. The Morgan fingerprint density at radius 3 is 1.97 bits per heavy atom. The molecular formula is C28H19FN2O3. The van der Waals surface area contributed by atoms with Crippen LogP contribution in [0.15, 0.2) is 97.1 Å².